The maximum atomic E-state index is 12.5. The van der Waals surface area contributed by atoms with Crippen LogP contribution in [-0.2, 0) is 21.0 Å². The summed E-state index contributed by atoms with van der Waals surface area (Å²) >= 11 is 0. The highest BCUT2D eigenvalue weighted by Crippen LogP contribution is 2.34. The summed E-state index contributed by atoms with van der Waals surface area (Å²) in [5.74, 6) is -0.665. The normalized spacial score (nSPS) is 19.1. The van der Waals surface area contributed by atoms with Crippen LogP contribution in [0.2, 0.25) is 0 Å². The van der Waals surface area contributed by atoms with Crippen molar-refractivity contribution in [1.29, 1.82) is 0 Å². The summed E-state index contributed by atoms with van der Waals surface area (Å²) in [5, 5.41) is -0.0871. The molecule has 1 heterocycles. The first-order valence-electron chi connectivity index (χ1n) is 6.59. The van der Waals surface area contributed by atoms with Crippen LogP contribution in [0.15, 0.2) is 24.3 Å². The zero-order valence-electron chi connectivity index (χ0n) is 12.2. The summed E-state index contributed by atoms with van der Waals surface area (Å²) in [4.78, 5) is 26.1. The van der Waals surface area contributed by atoms with Gasteiger partial charge in [-0.1, -0.05) is 32.0 Å². The molecule has 108 valence electrons. The first kappa shape index (κ1) is 14.9. The van der Waals surface area contributed by atoms with E-state index in [1.54, 1.807) is 26.0 Å². The first-order chi connectivity index (χ1) is 9.26. The van der Waals surface area contributed by atoms with Gasteiger partial charge in [0.15, 0.2) is 0 Å². The Morgan fingerprint density at radius 1 is 1.20 bits per heavy atom. The van der Waals surface area contributed by atoms with Gasteiger partial charge in [0, 0.05) is 21.6 Å². The maximum absolute atomic E-state index is 12.5. The molecule has 0 N–H and O–H groups in total. The van der Waals surface area contributed by atoms with Crippen molar-refractivity contribution in [3.8, 4) is 0 Å². The summed E-state index contributed by atoms with van der Waals surface area (Å²) in [6.07, 6.45) is 0. The number of hydrogen-bond donors (Lipinski definition) is 0. The Bertz CT molecular complexity index is 593. The molecule has 2 rings (SSSR count). The van der Waals surface area contributed by atoms with Gasteiger partial charge in [-0.3, -0.25) is 18.7 Å². The van der Waals surface area contributed by atoms with Crippen molar-refractivity contribution in [3.63, 3.8) is 0 Å². The van der Waals surface area contributed by atoms with E-state index in [1.807, 2.05) is 26.0 Å². The molecule has 1 aliphatic heterocycles. The van der Waals surface area contributed by atoms with E-state index < -0.39 is 16.2 Å². The van der Waals surface area contributed by atoms with E-state index in [-0.39, 0.29) is 22.9 Å². The van der Waals surface area contributed by atoms with Crippen molar-refractivity contribution >= 4 is 22.6 Å². The Balaban J connectivity index is 2.46. The third-order valence-corrected chi connectivity index (χ3v) is 5.20. The van der Waals surface area contributed by atoms with E-state index in [2.05, 4.69) is 0 Å². The van der Waals surface area contributed by atoms with Gasteiger partial charge in [0.1, 0.15) is 5.88 Å². The Hall–Kier alpha value is -1.49. The van der Waals surface area contributed by atoms with Crippen molar-refractivity contribution < 1.29 is 13.8 Å². The molecule has 0 radical (unpaired) electrons. The number of benzene rings is 1. The fourth-order valence-electron chi connectivity index (χ4n) is 2.30. The first-order valence-corrected chi connectivity index (χ1v) is 7.98. The third kappa shape index (κ3) is 2.30. The summed E-state index contributed by atoms with van der Waals surface area (Å²) in [5.41, 5.74) is 0.491. The number of rotatable bonds is 3. The van der Waals surface area contributed by atoms with Crippen LogP contribution in [0.25, 0.3) is 0 Å². The number of carbonyl (C=O) groups excluding carboxylic acids is 2. The topological polar surface area (TPSA) is 54.5 Å². The largest absolute Gasteiger partial charge is 0.273 e. The summed E-state index contributed by atoms with van der Waals surface area (Å²) < 4.78 is 12.0. The molecule has 0 aromatic heterocycles. The SMILES string of the molecule is CC(C)S(=O)CN1C(=O)c2ccccc2C(C)(C)C1=O. The Morgan fingerprint density at radius 2 is 1.80 bits per heavy atom. The number of fused-ring (bicyclic) bond motifs is 1. The highest BCUT2D eigenvalue weighted by atomic mass is 32.2. The van der Waals surface area contributed by atoms with Gasteiger partial charge >= 0.3 is 0 Å². The van der Waals surface area contributed by atoms with Crippen LogP contribution >= 0.6 is 0 Å². The van der Waals surface area contributed by atoms with Gasteiger partial charge in [0.05, 0.1) is 5.41 Å². The van der Waals surface area contributed by atoms with Gasteiger partial charge in [0.25, 0.3) is 5.91 Å². The van der Waals surface area contributed by atoms with Gasteiger partial charge in [-0.2, -0.15) is 0 Å². The molecule has 0 aliphatic carbocycles. The van der Waals surface area contributed by atoms with Crippen molar-refractivity contribution in [2.24, 2.45) is 0 Å². The van der Waals surface area contributed by atoms with E-state index >= 15 is 0 Å². The second kappa shape index (κ2) is 5.13. The molecule has 0 spiro atoms. The average molecular weight is 293 g/mol. The van der Waals surface area contributed by atoms with Gasteiger partial charge in [-0.25, -0.2) is 0 Å². The molecule has 1 unspecified atom stereocenters. The van der Waals surface area contributed by atoms with Crippen LogP contribution < -0.4 is 0 Å². The fraction of sp³-hybridized carbons (Fsp3) is 0.467. The Kier molecular flexibility index (Phi) is 3.82. The monoisotopic (exact) mass is 293 g/mol. The molecule has 0 bridgehead atoms. The van der Waals surface area contributed by atoms with Crippen molar-refractivity contribution in [2.75, 3.05) is 5.88 Å². The molecule has 1 atom stereocenters. The lowest BCUT2D eigenvalue weighted by Crippen LogP contribution is -2.53. The summed E-state index contributed by atoms with van der Waals surface area (Å²) in [6, 6.07) is 7.13. The molecule has 0 saturated heterocycles. The average Bonchev–Trinajstić information content (AvgIpc) is 2.41. The Labute approximate surface area is 121 Å². The molecule has 1 aromatic rings. The predicted octanol–water partition coefficient (Wildman–Crippen LogP) is 2.06. The van der Waals surface area contributed by atoms with E-state index in [0.29, 0.717) is 5.56 Å². The van der Waals surface area contributed by atoms with Crippen LogP contribution in [0.5, 0.6) is 0 Å². The molecule has 0 saturated carbocycles. The van der Waals surface area contributed by atoms with Gasteiger partial charge in [-0.15, -0.1) is 0 Å². The molecule has 1 aromatic carbocycles. The summed E-state index contributed by atoms with van der Waals surface area (Å²) in [6.45, 7) is 7.22. The number of hydrogen-bond acceptors (Lipinski definition) is 3. The fourth-order valence-corrected chi connectivity index (χ4v) is 3.09. The third-order valence-electron chi connectivity index (χ3n) is 3.64. The van der Waals surface area contributed by atoms with Gasteiger partial charge in [0.2, 0.25) is 5.91 Å². The minimum atomic E-state index is -1.24. The van der Waals surface area contributed by atoms with Crippen molar-refractivity contribution in [2.45, 2.75) is 38.4 Å². The number of nitrogens with zero attached hydrogens (tertiary/aromatic N) is 1. The van der Waals surface area contributed by atoms with E-state index in [4.69, 9.17) is 0 Å². The molecular weight excluding hydrogens is 274 g/mol. The lowest BCUT2D eigenvalue weighted by molar-refractivity contribution is -0.133. The van der Waals surface area contributed by atoms with Gasteiger partial charge < -0.3 is 0 Å². The van der Waals surface area contributed by atoms with Crippen LogP contribution in [0.3, 0.4) is 0 Å². The summed E-state index contributed by atoms with van der Waals surface area (Å²) in [7, 11) is -1.24. The van der Waals surface area contributed by atoms with Crippen LogP contribution in [0.4, 0.5) is 0 Å². The standard InChI is InChI=1S/C15H19NO3S/c1-10(2)20(19)9-16-13(17)11-7-5-6-8-12(11)15(3,4)14(16)18/h5-8,10H,9H2,1-4H3. The Morgan fingerprint density at radius 3 is 2.40 bits per heavy atom. The van der Waals surface area contributed by atoms with Crippen LogP contribution in [0, 0.1) is 0 Å². The molecule has 2 amide bonds. The minimum Gasteiger partial charge on any atom is -0.273 e. The zero-order valence-corrected chi connectivity index (χ0v) is 13.0. The molecular formula is C15H19NO3S. The maximum Gasteiger partial charge on any atom is 0.261 e. The quantitative estimate of drug-likeness (QED) is 0.802. The number of imide groups is 1. The van der Waals surface area contributed by atoms with E-state index in [9.17, 15) is 13.8 Å². The molecule has 5 heteroatoms. The minimum absolute atomic E-state index is 0.0346. The van der Waals surface area contributed by atoms with E-state index in [0.717, 1.165) is 10.5 Å². The molecule has 20 heavy (non-hydrogen) atoms. The zero-order chi connectivity index (χ0) is 15.1. The lowest BCUT2D eigenvalue weighted by Gasteiger charge is -2.37. The number of carbonyl (C=O) groups is 2. The smallest absolute Gasteiger partial charge is 0.261 e. The van der Waals surface area contributed by atoms with E-state index in [1.165, 1.54) is 0 Å². The van der Waals surface area contributed by atoms with Crippen molar-refractivity contribution in [3.05, 3.63) is 35.4 Å². The van der Waals surface area contributed by atoms with Gasteiger partial charge in [-0.05, 0) is 25.5 Å². The number of amides is 2. The van der Waals surface area contributed by atoms with Crippen molar-refractivity contribution in [1.82, 2.24) is 4.90 Å². The highest BCUT2D eigenvalue weighted by Gasteiger charge is 2.44. The highest BCUT2D eigenvalue weighted by molar-refractivity contribution is 7.85. The predicted molar refractivity (Wildman–Crippen MR) is 78.8 cm³/mol. The second-order valence-corrected chi connectivity index (χ2v) is 7.73. The molecule has 0 fully saturated rings. The van der Waals surface area contributed by atoms with Crippen LogP contribution in [-0.4, -0.2) is 32.0 Å². The lowest BCUT2D eigenvalue weighted by atomic mass is 9.77. The second-order valence-electron chi connectivity index (χ2n) is 5.77. The molecule has 1 aliphatic rings. The van der Waals surface area contributed by atoms with Crippen LogP contribution in [0.1, 0.15) is 43.6 Å². The molecule has 4 nitrogen and oxygen atoms in total.